The first kappa shape index (κ1) is 22.7. The fourth-order valence-electron chi connectivity index (χ4n) is 3.79. The summed E-state index contributed by atoms with van der Waals surface area (Å²) < 4.78 is 5.22. The van der Waals surface area contributed by atoms with Gasteiger partial charge in [-0.05, 0) is 32.4 Å². The van der Waals surface area contributed by atoms with Crippen LogP contribution in [-0.4, -0.2) is 81.6 Å². The summed E-state index contributed by atoms with van der Waals surface area (Å²) in [4.78, 5) is 42.1. The number of rotatable bonds is 7. The molecule has 0 radical (unpaired) electrons. The number of nitrogens with zero attached hydrogens (tertiary/aromatic N) is 5. The molecule has 2 atom stereocenters. The maximum Gasteiger partial charge on any atom is 0.329 e. The first-order valence-corrected chi connectivity index (χ1v) is 10.8. The Morgan fingerprint density at radius 2 is 2.09 bits per heavy atom. The second-order valence-corrected chi connectivity index (χ2v) is 8.24. The number of anilines is 3. The third kappa shape index (κ3) is 4.96. The first-order valence-electron chi connectivity index (χ1n) is 10.8. The van der Waals surface area contributed by atoms with Crippen molar-refractivity contribution in [2.75, 3.05) is 41.4 Å². The van der Waals surface area contributed by atoms with E-state index < -0.39 is 18.7 Å². The van der Waals surface area contributed by atoms with Crippen molar-refractivity contribution >= 4 is 29.3 Å². The largest absolute Gasteiger partial charge is 0.474 e. The van der Waals surface area contributed by atoms with Crippen LogP contribution in [0.15, 0.2) is 24.5 Å². The number of urea groups is 1. The molecule has 1 saturated heterocycles. The van der Waals surface area contributed by atoms with Gasteiger partial charge in [0.2, 0.25) is 5.88 Å². The Morgan fingerprint density at radius 1 is 1.27 bits per heavy atom. The molecule has 2 aliphatic rings. The molecule has 0 aromatic carbocycles. The molecule has 2 bridgehead atoms. The van der Waals surface area contributed by atoms with Crippen molar-refractivity contribution in [3.8, 4) is 5.88 Å². The van der Waals surface area contributed by atoms with E-state index in [9.17, 15) is 14.7 Å². The van der Waals surface area contributed by atoms with Crippen molar-refractivity contribution in [2.45, 2.75) is 38.5 Å². The van der Waals surface area contributed by atoms with E-state index in [0.29, 0.717) is 12.4 Å². The van der Waals surface area contributed by atoms with Crippen LogP contribution in [0.3, 0.4) is 0 Å². The van der Waals surface area contributed by atoms with Crippen LogP contribution in [-0.2, 0) is 0 Å². The van der Waals surface area contributed by atoms with Crippen LogP contribution in [0.2, 0.25) is 0 Å². The maximum atomic E-state index is 13.2. The molecule has 2 aliphatic heterocycles. The Bertz CT molecular complexity index is 1020. The minimum Gasteiger partial charge on any atom is -0.474 e. The van der Waals surface area contributed by atoms with Crippen LogP contribution in [0, 0.1) is 0 Å². The molecule has 2 aromatic heterocycles. The van der Waals surface area contributed by atoms with E-state index in [-0.39, 0.29) is 42.0 Å². The van der Waals surface area contributed by atoms with Crippen molar-refractivity contribution in [1.29, 1.82) is 0 Å². The van der Waals surface area contributed by atoms with Crippen LogP contribution in [0.4, 0.5) is 22.1 Å². The summed E-state index contributed by atoms with van der Waals surface area (Å²) in [6, 6.07) is 2.96. The van der Waals surface area contributed by atoms with Crippen LogP contribution >= 0.6 is 0 Å². The molecule has 1 fully saturated rings. The fourth-order valence-corrected chi connectivity index (χ4v) is 3.79. The molecule has 12 nitrogen and oxygen atoms in total. The second kappa shape index (κ2) is 9.55. The minimum absolute atomic E-state index is 0.0351. The standard InChI is InChI=1S/C21H27N7O5/c1-12(2)24-20(31)15-3-4-16-19(25-15)28(13-5-6-27(16)9-13)21(32)26-17-7-23-18(8-22-17)33-11-14(30)10-29/h3-4,7-8,12-14,29-30H,5-6,9-11H2,1-2H3,(H,24,31)(H,22,26,32)/t13?,14-/m1/s1. The smallest absolute Gasteiger partial charge is 0.329 e. The van der Waals surface area contributed by atoms with Crippen molar-refractivity contribution in [2.24, 2.45) is 0 Å². The summed E-state index contributed by atoms with van der Waals surface area (Å²) >= 11 is 0. The van der Waals surface area contributed by atoms with Crippen LogP contribution in [0.5, 0.6) is 5.88 Å². The molecule has 2 aromatic rings. The van der Waals surface area contributed by atoms with Crippen molar-refractivity contribution in [1.82, 2.24) is 20.3 Å². The third-order valence-electron chi connectivity index (χ3n) is 5.32. The Labute approximate surface area is 190 Å². The zero-order valence-electron chi connectivity index (χ0n) is 18.4. The molecule has 0 saturated carbocycles. The van der Waals surface area contributed by atoms with Crippen LogP contribution in [0.1, 0.15) is 30.8 Å². The molecule has 1 unspecified atom stereocenters. The third-order valence-corrected chi connectivity index (χ3v) is 5.32. The highest BCUT2D eigenvalue weighted by molar-refractivity contribution is 6.04. The van der Waals surface area contributed by atoms with Crippen LogP contribution in [0.25, 0.3) is 0 Å². The van der Waals surface area contributed by atoms with E-state index >= 15 is 0 Å². The van der Waals surface area contributed by atoms with Gasteiger partial charge in [0.15, 0.2) is 11.6 Å². The lowest BCUT2D eigenvalue weighted by Crippen LogP contribution is -2.48. The second-order valence-electron chi connectivity index (χ2n) is 8.24. The quantitative estimate of drug-likeness (QED) is 0.462. The Balaban J connectivity index is 1.52. The molecule has 4 N–H and O–H groups in total. The van der Waals surface area contributed by atoms with Gasteiger partial charge in [0.25, 0.3) is 5.91 Å². The topological polar surface area (TPSA) is 153 Å². The first-order chi connectivity index (χ1) is 15.9. The highest BCUT2D eigenvalue weighted by Crippen LogP contribution is 2.39. The van der Waals surface area contributed by atoms with Crippen molar-refractivity contribution in [3.63, 3.8) is 0 Å². The van der Waals surface area contributed by atoms with E-state index in [1.54, 1.807) is 11.0 Å². The molecule has 4 heterocycles. The fraction of sp³-hybridized carbons (Fsp3) is 0.476. The molecule has 12 heteroatoms. The zero-order valence-corrected chi connectivity index (χ0v) is 18.4. The number of aliphatic hydroxyl groups is 2. The zero-order chi connectivity index (χ0) is 23.5. The van der Waals surface area contributed by atoms with Gasteiger partial charge in [0, 0.05) is 19.1 Å². The Hall–Kier alpha value is -3.51. The summed E-state index contributed by atoms with van der Waals surface area (Å²) in [6.45, 7) is 4.67. The Morgan fingerprint density at radius 3 is 2.79 bits per heavy atom. The number of aromatic nitrogens is 3. The van der Waals surface area contributed by atoms with Gasteiger partial charge in [0.1, 0.15) is 18.4 Å². The van der Waals surface area contributed by atoms with Gasteiger partial charge in [-0.3, -0.25) is 15.0 Å². The predicted molar refractivity (Wildman–Crippen MR) is 120 cm³/mol. The van der Waals surface area contributed by atoms with Crippen molar-refractivity contribution in [3.05, 3.63) is 30.2 Å². The molecule has 0 aliphatic carbocycles. The highest BCUT2D eigenvalue weighted by Gasteiger charge is 2.40. The number of pyridine rings is 1. The molecule has 176 valence electrons. The molecular weight excluding hydrogens is 430 g/mol. The number of carbonyl (C=O) groups excluding carboxylic acids is 2. The molecule has 0 spiro atoms. The lowest BCUT2D eigenvalue weighted by Gasteiger charge is -2.35. The van der Waals surface area contributed by atoms with E-state index in [2.05, 4.69) is 30.5 Å². The van der Waals surface area contributed by atoms with Crippen molar-refractivity contribution < 1.29 is 24.5 Å². The minimum atomic E-state index is -1.02. The lowest BCUT2D eigenvalue weighted by molar-refractivity contribution is 0.0520. The van der Waals surface area contributed by atoms with E-state index in [0.717, 1.165) is 18.7 Å². The average Bonchev–Trinajstić information content (AvgIpc) is 3.21. The van der Waals surface area contributed by atoms with Crippen LogP contribution < -0.4 is 25.2 Å². The highest BCUT2D eigenvalue weighted by atomic mass is 16.5. The molecule has 33 heavy (non-hydrogen) atoms. The number of carbonyl (C=O) groups is 2. The summed E-state index contributed by atoms with van der Waals surface area (Å²) in [5.74, 6) is 0.501. The summed E-state index contributed by atoms with van der Waals surface area (Å²) in [5, 5.41) is 23.7. The molecule has 3 amide bonds. The monoisotopic (exact) mass is 457 g/mol. The number of amides is 3. The van der Waals surface area contributed by atoms with Gasteiger partial charge in [-0.15, -0.1) is 0 Å². The number of hydrogen-bond acceptors (Lipinski definition) is 9. The lowest BCUT2D eigenvalue weighted by atomic mass is 10.1. The number of ether oxygens (including phenoxy) is 1. The maximum absolute atomic E-state index is 13.2. The SMILES string of the molecule is CC(C)NC(=O)c1ccc2c(n1)N(C(=O)Nc1cnc(OC[C@H](O)CO)cn1)C1CCN2C1. The average molecular weight is 457 g/mol. The number of hydrogen-bond donors (Lipinski definition) is 4. The van der Waals surface area contributed by atoms with E-state index in [1.165, 1.54) is 12.4 Å². The van der Waals surface area contributed by atoms with Gasteiger partial charge in [-0.1, -0.05) is 0 Å². The van der Waals surface area contributed by atoms with E-state index in [4.69, 9.17) is 9.84 Å². The summed E-state index contributed by atoms with van der Waals surface area (Å²) in [5.41, 5.74) is 1.05. The van der Waals surface area contributed by atoms with Gasteiger partial charge >= 0.3 is 6.03 Å². The Kier molecular flexibility index (Phi) is 6.56. The molecular formula is C21H27N7O5. The van der Waals surface area contributed by atoms with E-state index in [1.807, 2.05) is 19.9 Å². The van der Waals surface area contributed by atoms with Gasteiger partial charge in [-0.25, -0.2) is 19.7 Å². The normalized spacial score (nSPS) is 17.5. The number of fused-ring (bicyclic) bond motifs is 4. The summed E-state index contributed by atoms with van der Waals surface area (Å²) in [6.07, 6.45) is 2.41. The molecule has 4 rings (SSSR count). The number of aliphatic hydroxyl groups excluding tert-OH is 2. The predicted octanol–water partition coefficient (Wildman–Crippen LogP) is 0.373. The van der Waals surface area contributed by atoms with Gasteiger partial charge in [0.05, 0.1) is 30.7 Å². The van der Waals surface area contributed by atoms with Gasteiger partial charge in [-0.2, -0.15) is 0 Å². The van der Waals surface area contributed by atoms with Gasteiger partial charge < -0.3 is 25.2 Å². The number of nitrogens with one attached hydrogen (secondary N) is 2. The summed E-state index contributed by atoms with van der Waals surface area (Å²) in [7, 11) is 0.